The van der Waals surface area contributed by atoms with E-state index in [0.29, 0.717) is 35.4 Å². The molecule has 1 aromatic carbocycles. The van der Waals surface area contributed by atoms with Crippen LogP contribution < -0.4 is 5.32 Å². The van der Waals surface area contributed by atoms with Crippen LogP contribution in [-0.4, -0.2) is 41.0 Å². The van der Waals surface area contributed by atoms with Crippen LogP contribution in [0.2, 0.25) is 0 Å². The maximum absolute atomic E-state index is 12.2. The molecule has 0 radical (unpaired) electrons. The number of carbonyl (C=O) groups is 1. The van der Waals surface area contributed by atoms with Crippen molar-refractivity contribution in [3.63, 3.8) is 0 Å². The van der Waals surface area contributed by atoms with E-state index in [-0.39, 0.29) is 11.9 Å². The number of benzene rings is 1. The molecule has 0 aliphatic carbocycles. The number of nitrogens with one attached hydrogen (secondary N) is 1. The Hall–Kier alpha value is -1.34. The molecule has 1 saturated heterocycles. The molecular formula is C14H18F2N2O2S. The van der Waals surface area contributed by atoms with Crippen molar-refractivity contribution >= 4 is 23.5 Å². The van der Waals surface area contributed by atoms with Gasteiger partial charge in [0.1, 0.15) is 0 Å². The number of aliphatic hydroxyl groups is 1. The fraction of sp³-hybridized carbons (Fsp3) is 0.500. The number of β-amino-alcohol motifs (C(OH)–C–C–N with tert-alkyl or cyclic N) is 1. The number of aliphatic hydroxyl groups excluding tert-OH is 1. The predicted molar refractivity (Wildman–Crippen MR) is 78.7 cm³/mol. The zero-order valence-electron chi connectivity index (χ0n) is 11.6. The number of thioether (sulfide) groups is 1. The molecule has 2 amide bonds. The Labute approximate surface area is 126 Å². The lowest BCUT2D eigenvalue weighted by Crippen LogP contribution is -2.47. The average molecular weight is 316 g/mol. The summed E-state index contributed by atoms with van der Waals surface area (Å²) in [7, 11) is 0. The van der Waals surface area contributed by atoms with Crippen LogP contribution in [0.25, 0.3) is 0 Å². The zero-order valence-corrected chi connectivity index (χ0v) is 12.4. The Bertz CT molecular complexity index is 484. The van der Waals surface area contributed by atoms with Gasteiger partial charge in [0.2, 0.25) is 0 Å². The van der Waals surface area contributed by atoms with Crippen LogP contribution in [-0.2, 0) is 0 Å². The first-order valence-corrected chi connectivity index (χ1v) is 7.62. The number of rotatable bonds is 3. The highest BCUT2D eigenvalue weighted by Gasteiger charge is 2.27. The fourth-order valence-corrected chi connectivity index (χ4v) is 2.65. The number of likely N-dealkylation sites (tertiary alicyclic amines) is 1. The molecule has 1 aromatic rings. The second kappa shape index (κ2) is 7.09. The second-order valence-electron chi connectivity index (χ2n) is 5.11. The number of hydrogen-bond donors (Lipinski definition) is 2. The average Bonchev–Trinajstić information content (AvgIpc) is 2.43. The Morgan fingerprint density at radius 3 is 2.67 bits per heavy atom. The molecule has 4 nitrogen and oxygen atoms in total. The van der Waals surface area contributed by atoms with Crippen molar-refractivity contribution < 1.29 is 18.7 Å². The van der Waals surface area contributed by atoms with Crippen LogP contribution in [0, 0.1) is 5.92 Å². The highest BCUT2D eigenvalue weighted by Crippen LogP contribution is 2.26. The molecule has 2 atom stereocenters. The van der Waals surface area contributed by atoms with Gasteiger partial charge in [0.05, 0.1) is 6.10 Å². The predicted octanol–water partition coefficient (Wildman–Crippen LogP) is 3.24. The first kappa shape index (κ1) is 16.0. The SMILES string of the molecule is CC1CCN(C(=O)Nc2ccc(SC(F)F)cc2)CC1O. The maximum Gasteiger partial charge on any atom is 0.321 e. The van der Waals surface area contributed by atoms with Gasteiger partial charge < -0.3 is 15.3 Å². The lowest BCUT2D eigenvalue weighted by atomic mass is 9.96. The van der Waals surface area contributed by atoms with E-state index in [1.165, 1.54) is 0 Å². The number of urea groups is 1. The fourth-order valence-electron chi connectivity index (χ4n) is 2.16. The minimum atomic E-state index is -2.46. The van der Waals surface area contributed by atoms with E-state index in [0.717, 1.165) is 6.42 Å². The van der Waals surface area contributed by atoms with Gasteiger partial charge >= 0.3 is 6.03 Å². The molecule has 0 saturated carbocycles. The third-order valence-electron chi connectivity index (χ3n) is 3.54. The topological polar surface area (TPSA) is 52.6 Å². The highest BCUT2D eigenvalue weighted by molar-refractivity contribution is 7.99. The van der Waals surface area contributed by atoms with Gasteiger partial charge in [0.25, 0.3) is 5.76 Å². The highest BCUT2D eigenvalue weighted by atomic mass is 32.2. The summed E-state index contributed by atoms with van der Waals surface area (Å²) in [5, 5.41) is 12.5. The summed E-state index contributed by atoms with van der Waals surface area (Å²) in [4.78, 5) is 14.1. The van der Waals surface area contributed by atoms with Crippen LogP contribution in [0.15, 0.2) is 29.2 Å². The van der Waals surface area contributed by atoms with Crippen molar-refractivity contribution in [1.82, 2.24) is 4.90 Å². The molecule has 7 heteroatoms. The summed E-state index contributed by atoms with van der Waals surface area (Å²) in [6.07, 6.45) is 0.257. The molecule has 1 heterocycles. The van der Waals surface area contributed by atoms with E-state index in [9.17, 15) is 18.7 Å². The molecule has 0 spiro atoms. The van der Waals surface area contributed by atoms with E-state index < -0.39 is 11.9 Å². The number of alkyl halides is 2. The quantitative estimate of drug-likeness (QED) is 0.842. The van der Waals surface area contributed by atoms with E-state index >= 15 is 0 Å². The normalized spacial score (nSPS) is 22.4. The van der Waals surface area contributed by atoms with Crippen molar-refractivity contribution in [2.75, 3.05) is 18.4 Å². The minimum absolute atomic E-state index is 0.194. The molecule has 2 rings (SSSR count). The smallest absolute Gasteiger partial charge is 0.321 e. The second-order valence-corrected chi connectivity index (χ2v) is 6.18. The van der Waals surface area contributed by atoms with Gasteiger partial charge in [0, 0.05) is 23.7 Å². The molecule has 0 aromatic heterocycles. The van der Waals surface area contributed by atoms with Gasteiger partial charge in [-0.05, 0) is 36.6 Å². The summed E-state index contributed by atoms with van der Waals surface area (Å²) < 4.78 is 24.4. The number of nitrogens with zero attached hydrogens (tertiary/aromatic N) is 1. The standard InChI is InChI=1S/C14H18F2N2O2S/c1-9-6-7-18(8-12(9)19)14(20)17-10-2-4-11(5-3-10)21-13(15)16/h2-5,9,12-13,19H,6-8H2,1H3,(H,17,20). The third-order valence-corrected chi connectivity index (χ3v) is 4.26. The van der Waals surface area contributed by atoms with Crippen LogP contribution in [0.4, 0.5) is 19.3 Å². The van der Waals surface area contributed by atoms with Gasteiger partial charge in [-0.2, -0.15) is 8.78 Å². The maximum atomic E-state index is 12.2. The van der Waals surface area contributed by atoms with Gasteiger partial charge in [-0.15, -0.1) is 0 Å². The molecule has 1 aliphatic rings. The molecule has 1 fully saturated rings. The van der Waals surface area contributed by atoms with Gasteiger partial charge in [-0.25, -0.2) is 4.79 Å². The zero-order chi connectivity index (χ0) is 15.4. The van der Waals surface area contributed by atoms with Gasteiger partial charge in [0.15, 0.2) is 0 Å². The summed E-state index contributed by atoms with van der Waals surface area (Å²) in [5.74, 6) is -2.26. The summed E-state index contributed by atoms with van der Waals surface area (Å²) in [6.45, 7) is 2.87. The monoisotopic (exact) mass is 316 g/mol. The molecule has 116 valence electrons. The molecular weight excluding hydrogens is 298 g/mol. The van der Waals surface area contributed by atoms with Crippen LogP contribution in [0.1, 0.15) is 13.3 Å². The number of anilines is 1. The summed E-state index contributed by atoms with van der Waals surface area (Å²) in [5.41, 5.74) is 0.548. The van der Waals surface area contributed by atoms with Crippen molar-refractivity contribution in [2.45, 2.75) is 30.1 Å². The molecule has 21 heavy (non-hydrogen) atoms. The largest absolute Gasteiger partial charge is 0.391 e. The van der Waals surface area contributed by atoms with Gasteiger partial charge in [-0.1, -0.05) is 18.7 Å². The molecule has 0 bridgehead atoms. The van der Waals surface area contributed by atoms with Crippen LogP contribution in [0.5, 0.6) is 0 Å². The number of amides is 2. The van der Waals surface area contributed by atoms with Crippen LogP contribution >= 0.6 is 11.8 Å². The van der Waals surface area contributed by atoms with Crippen molar-refractivity contribution in [3.8, 4) is 0 Å². The first-order chi connectivity index (χ1) is 9.95. The van der Waals surface area contributed by atoms with Crippen molar-refractivity contribution in [3.05, 3.63) is 24.3 Å². The van der Waals surface area contributed by atoms with E-state index in [2.05, 4.69) is 5.32 Å². The third kappa shape index (κ3) is 4.57. The first-order valence-electron chi connectivity index (χ1n) is 6.74. The number of piperidine rings is 1. The van der Waals surface area contributed by atoms with Crippen molar-refractivity contribution in [1.29, 1.82) is 0 Å². The van der Waals surface area contributed by atoms with Gasteiger partial charge in [-0.3, -0.25) is 0 Å². The number of hydrogen-bond acceptors (Lipinski definition) is 3. The van der Waals surface area contributed by atoms with Crippen molar-refractivity contribution in [2.24, 2.45) is 5.92 Å². The molecule has 1 aliphatic heterocycles. The number of halogens is 2. The van der Waals surface area contributed by atoms with E-state index in [1.54, 1.807) is 29.2 Å². The number of carbonyl (C=O) groups excluding carboxylic acids is 1. The van der Waals surface area contributed by atoms with Crippen LogP contribution in [0.3, 0.4) is 0 Å². The lowest BCUT2D eigenvalue weighted by Gasteiger charge is -2.34. The Morgan fingerprint density at radius 2 is 2.10 bits per heavy atom. The molecule has 2 unspecified atom stereocenters. The lowest BCUT2D eigenvalue weighted by molar-refractivity contribution is 0.0464. The van der Waals surface area contributed by atoms with E-state index in [4.69, 9.17) is 0 Å². The van der Waals surface area contributed by atoms with E-state index in [1.807, 2.05) is 6.92 Å². The Balaban J connectivity index is 1.90. The summed E-state index contributed by atoms with van der Waals surface area (Å²) >= 11 is 0.465. The summed E-state index contributed by atoms with van der Waals surface area (Å²) in [6, 6.07) is 5.98. The Kier molecular flexibility index (Phi) is 5.41. The Morgan fingerprint density at radius 1 is 1.43 bits per heavy atom. The minimum Gasteiger partial charge on any atom is -0.391 e. The molecule has 2 N–H and O–H groups in total.